The SMILES string of the molecule is CCCCCCc1cc(OC2CCN(C[C@H]3CC[C@H](C(=O)N4CCCC4)CC3)CC2)c2ncccc2c1. The van der Waals surface area contributed by atoms with E-state index in [9.17, 15) is 4.79 Å². The quantitative estimate of drug-likeness (QED) is 0.340. The molecule has 0 bridgehead atoms. The lowest BCUT2D eigenvalue weighted by molar-refractivity contribution is -0.135. The van der Waals surface area contributed by atoms with Crippen molar-refractivity contribution in [3.05, 3.63) is 36.0 Å². The highest BCUT2D eigenvalue weighted by molar-refractivity contribution is 5.85. The minimum Gasteiger partial charge on any atom is -0.488 e. The van der Waals surface area contributed by atoms with Gasteiger partial charge in [-0.1, -0.05) is 32.3 Å². The molecule has 0 unspecified atom stereocenters. The highest BCUT2D eigenvalue weighted by atomic mass is 16.5. The van der Waals surface area contributed by atoms with Crippen LogP contribution in [0.3, 0.4) is 0 Å². The molecule has 0 N–H and O–H groups in total. The third-order valence-electron chi connectivity index (χ3n) is 9.01. The Morgan fingerprint density at radius 3 is 2.51 bits per heavy atom. The first-order chi connectivity index (χ1) is 18.2. The van der Waals surface area contributed by atoms with Gasteiger partial charge in [-0.3, -0.25) is 9.78 Å². The maximum Gasteiger partial charge on any atom is 0.225 e. The van der Waals surface area contributed by atoms with Crippen LogP contribution in [0.5, 0.6) is 5.75 Å². The molecule has 1 saturated carbocycles. The molecule has 5 rings (SSSR count). The van der Waals surface area contributed by atoms with Crippen molar-refractivity contribution in [1.82, 2.24) is 14.8 Å². The van der Waals surface area contributed by atoms with Gasteiger partial charge in [-0.05, 0) is 93.9 Å². The van der Waals surface area contributed by atoms with Crippen LogP contribution < -0.4 is 4.74 Å². The molecular weight excluding hydrogens is 458 g/mol. The van der Waals surface area contributed by atoms with Gasteiger partial charge in [0.2, 0.25) is 5.91 Å². The number of carbonyl (C=O) groups is 1. The van der Waals surface area contributed by atoms with Gasteiger partial charge in [0.25, 0.3) is 0 Å². The summed E-state index contributed by atoms with van der Waals surface area (Å²) in [6.07, 6.45) is 17.5. The second-order valence-corrected chi connectivity index (χ2v) is 11.8. The number of likely N-dealkylation sites (tertiary alicyclic amines) is 2. The van der Waals surface area contributed by atoms with Crippen LogP contribution in [-0.2, 0) is 11.2 Å². The van der Waals surface area contributed by atoms with Crippen molar-refractivity contribution in [2.45, 2.75) is 96.5 Å². The van der Waals surface area contributed by atoms with Gasteiger partial charge in [-0.15, -0.1) is 0 Å². The molecule has 5 heteroatoms. The summed E-state index contributed by atoms with van der Waals surface area (Å²) in [5, 5.41) is 1.20. The highest BCUT2D eigenvalue weighted by Crippen LogP contribution is 2.33. The third-order valence-corrected chi connectivity index (χ3v) is 9.01. The first-order valence-corrected chi connectivity index (χ1v) is 15.2. The maximum atomic E-state index is 12.8. The molecule has 2 aliphatic heterocycles. The summed E-state index contributed by atoms with van der Waals surface area (Å²) >= 11 is 0. The van der Waals surface area contributed by atoms with Crippen molar-refractivity contribution >= 4 is 16.8 Å². The average molecular weight is 506 g/mol. The summed E-state index contributed by atoms with van der Waals surface area (Å²) in [5.41, 5.74) is 2.38. The molecule has 37 heavy (non-hydrogen) atoms. The molecule has 3 fully saturated rings. The monoisotopic (exact) mass is 505 g/mol. The van der Waals surface area contributed by atoms with E-state index in [1.54, 1.807) is 0 Å². The molecule has 3 aliphatic rings. The third kappa shape index (κ3) is 7.04. The Kier molecular flexibility index (Phi) is 9.36. The number of hydrogen-bond acceptors (Lipinski definition) is 4. The molecular formula is C32H47N3O2. The van der Waals surface area contributed by atoms with Gasteiger partial charge < -0.3 is 14.5 Å². The van der Waals surface area contributed by atoms with E-state index < -0.39 is 0 Å². The van der Waals surface area contributed by atoms with Gasteiger partial charge >= 0.3 is 0 Å². The van der Waals surface area contributed by atoms with Crippen LogP contribution in [-0.4, -0.2) is 59.5 Å². The lowest BCUT2D eigenvalue weighted by Gasteiger charge is -2.37. The Labute approximate surface area is 224 Å². The Hall–Kier alpha value is -2.14. The number of fused-ring (bicyclic) bond motifs is 1. The minimum atomic E-state index is 0.269. The van der Waals surface area contributed by atoms with Crippen molar-refractivity contribution in [3.8, 4) is 5.75 Å². The predicted molar refractivity (Wildman–Crippen MR) is 151 cm³/mol. The number of benzene rings is 1. The van der Waals surface area contributed by atoms with Gasteiger partial charge in [0, 0.05) is 50.2 Å². The van der Waals surface area contributed by atoms with Crippen LogP contribution in [0.2, 0.25) is 0 Å². The van der Waals surface area contributed by atoms with Crippen LogP contribution >= 0.6 is 0 Å². The number of unbranched alkanes of at least 4 members (excludes halogenated alkanes) is 3. The van der Waals surface area contributed by atoms with Crippen LogP contribution in [0.15, 0.2) is 30.5 Å². The van der Waals surface area contributed by atoms with E-state index in [4.69, 9.17) is 4.74 Å². The summed E-state index contributed by atoms with van der Waals surface area (Å²) in [5.74, 6) is 2.46. The Balaban J connectivity index is 1.09. The van der Waals surface area contributed by atoms with Crippen molar-refractivity contribution in [3.63, 3.8) is 0 Å². The number of hydrogen-bond donors (Lipinski definition) is 0. The topological polar surface area (TPSA) is 45.7 Å². The van der Waals surface area contributed by atoms with Gasteiger partial charge in [0.15, 0.2) is 0 Å². The zero-order valence-electron chi connectivity index (χ0n) is 23.0. The lowest BCUT2D eigenvalue weighted by Crippen LogP contribution is -2.42. The number of ether oxygens (including phenoxy) is 1. The number of aromatic nitrogens is 1. The number of pyridine rings is 1. The number of carbonyl (C=O) groups excluding carboxylic acids is 1. The molecule has 0 spiro atoms. The lowest BCUT2D eigenvalue weighted by atomic mass is 9.81. The molecule has 202 valence electrons. The summed E-state index contributed by atoms with van der Waals surface area (Å²) in [6, 6.07) is 8.76. The van der Waals surface area contributed by atoms with E-state index in [1.165, 1.54) is 68.9 Å². The molecule has 1 aliphatic carbocycles. The Morgan fingerprint density at radius 2 is 1.76 bits per heavy atom. The fraction of sp³-hybridized carbons (Fsp3) is 0.688. The number of rotatable bonds is 10. The zero-order valence-corrected chi connectivity index (χ0v) is 23.0. The second kappa shape index (κ2) is 13.1. The molecule has 0 atom stereocenters. The van der Waals surface area contributed by atoms with E-state index in [0.717, 1.165) is 75.5 Å². The number of aryl methyl sites for hydroxylation is 1. The van der Waals surface area contributed by atoms with E-state index in [0.29, 0.717) is 11.8 Å². The van der Waals surface area contributed by atoms with Crippen LogP contribution in [0.1, 0.15) is 89.5 Å². The van der Waals surface area contributed by atoms with E-state index in [-0.39, 0.29) is 6.10 Å². The van der Waals surface area contributed by atoms with Crippen molar-refractivity contribution in [1.29, 1.82) is 0 Å². The fourth-order valence-corrected chi connectivity index (χ4v) is 6.75. The normalized spacial score (nSPS) is 23.5. The molecule has 1 aromatic heterocycles. The second-order valence-electron chi connectivity index (χ2n) is 11.8. The van der Waals surface area contributed by atoms with Crippen molar-refractivity contribution in [2.24, 2.45) is 11.8 Å². The first-order valence-electron chi connectivity index (χ1n) is 15.2. The molecule has 1 amide bonds. The highest BCUT2D eigenvalue weighted by Gasteiger charge is 2.32. The number of nitrogens with zero attached hydrogens (tertiary/aromatic N) is 3. The van der Waals surface area contributed by atoms with Crippen LogP contribution in [0, 0.1) is 11.8 Å². The average Bonchev–Trinajstić information content (AvgIpc) is 3.48. The van der Waals surface area contributed by atoms with Gasteiger partial charge in [-0.25, -0.2) is 0 Å². The van der Waals surface area contributed by atoms with Crippen LogP contribution in [0.25, 0.3) is 10.9 Å². The maximum absolute atomic E-state index is 12.8. The summed E-state index contributed by atoms with van der Waals surface area (Å²) in [7, 11) is 0. The molecule has 2 saturated heterocycles. The first kappa shape index (κ1) is 26.5. The van der Waals surface area contributed by atoms with E-state index >= 15 is 0 Å². The standard InChI is InChI=1S/C32H47N3O2/c1-2-3-4-5-9-26-22-28-10-8-17-33-31(28)30(23-26)37-29-15-20-34(21-16-29)24-25-11-13-27(14-12-25)32(36)35-18-6-7-19-35/h8,10,17,22-23,25,27,29H,2-7,9,11-16,18-21,24H2,1H3/t25-,27-. The van der Waals surface area contributed by atoms with Crippen LogP contribution in [0.4, 0.5) is 0 Å². The van der Waals surface area contributed by atoms with E-state index in [2.05, 4.69) is 39.9 Å². The van der Waals surface area contributed by atoms with Crippen molar-refractivity contribution in [2.75, 3.05) is 32.7 Å². The largest absolute Gasteiger partial charge is 0.488 e. The minimum absolute atomic E-state index is 0.269. The molecule has 3 heterocycles. The van der Waals surface area contributed by atoms with Gasteiger partial charge in [0.1, 0.15) is 17.4 Å². The molecule has 1 aromatic carbocycles. The predicted octanol–water partition coefficient (Wildman–Crippen LogP) is 6.63. The summed E-state index contributed by atoms with van der Waals surface area (Å²) in [6.45, 7) is 7.66. The Bertz CT molecular complexity index is 1000. The Morgan fingerprint density at radius 1 is 0.973 bits per heavy atom. The van der Waals surface area contributed by atoms with E-state index in [1.807, 2.05) is 12.3 Å². The molecule has 0 radical (unpaired) electrons. The molecule has 5 nitrogen and oxygen atoms in total. The smallest absolute Gasteiger partial charge is 0.225 e. The molecule has 2 aromatic rings. The van der Waals surface area contributed by atoms with Gasteiger partial charge in [-0.2, -0.15) is 0 Å². The summed E-state index contributed by atoms with van der Waals surface area (Å²) in [4.78, 5) is 22.2. The van der Waals surface area contributed by atoms with Gasteiger partial charge in [0.05, 0.1) is 0 Å². The number of amides is 1. The zero-order chi connectivity index (χ0) is 25.5. The van der Waals surface area contributed by atoms with Crippen molar-refractivity contribution < 1.29 is 9.53 Å². The summed E-state index contributed by atoms with van der Waals surface area (Å²) < 4.78 is 6.63. The fourth-order valence-electron chi connectivity index (χ4n) is 6.75. The number of piperidine rings is 1.